The fraction of sp³-hybridized carbons (Fsp3) is 0.667. The first-order valence-corrected chi connectivity index (χ1v) is 9.31. The summed E-state index contributed by atoms with van der Waals surface area (Å²) in [5.41, 5.74) is 3.05. The number of carbonyl (C=O) groups excluding carboxylic acids is 1. The third-order valence-electron chi connectivity index (χ3n) is 5.55. The molecule has 0 bridgehead atoms. The van der Waals surface area contributed by atoms with E-state index in [0.29, 0.717) is 24.7 Å². The van der Waals surface area contributed by atoms with Crippen LogP contribution in [0.4, 0.5) is 0 Å². The number of piperidine rings is 1. The Labute approximate surface area is 147 Å². The van der Waals surface area contributed by atoms with Gasteiger partial charge in [0.15, 0.2) is 0 Å². The van der Waals surface area contributed by atoms with E-state index in [1.165, 1.54) is 19.2 Å². The van der Waals surface area contributed by atoms with Crippen LogP contribution >= 0.6 is 0 Å². The van der Waals surface area contributed by atoms with Crippen LogP contribution in [0.2, 0.25) is 0 Å². The Bertz CT molecular complexity index is 773. The van der Waals surface area contributed by atoms with Gasteiger partial charge in [0.1, 0.15) is 6.33 Å². The number of nitrogens with zero attached hydrogens (tertiary/aromatic N) is 5. The van der Waals surface area contributed by atoms with Crippen molar-refractivity contribution >= 4 is 11.7 Å². The molecule has 1 saturated carbocycles. The van der Waals surface area contributed by atoms with E-state index in [4.69, 9.17) is 0 Å². The van der Waals surface area contributed by atoms with E-state index in [2.05, 4.69) is 25.3 Å². The molecule has 7 heteroatoms. The van der Waals surface area contributed by atoms with E-state index in [1.807, 2.05) is 13.8 Å². The van der Waals surface area contributed by atoms with Gasteiger partial charge in [0.05, 0.1) is 0 Å². The van der Waals surface area contributed by atoms with Gasteiger partial charge in [0, 0.05) is 43.0 Å². The summed E-state index contributed by atoms with van der Waals surface area (Å²) in [6, 6.07) is 1.17. The molecule has 4 rings (SSSR count). The normalized spacial score (nSPS) is 19.4. The molecule has 0 radical (unpaired) electrons. The number of rotatable bonds is 5. The van der Waals surface area contributed by atoms with Crippen molar-refractivity contribution in [3.63, 3.8) is 0 Å². The van der Waals surface area contributed by atoms with Crippen molar-refractivity contribution in [2.45, 2.75) is 64.5 Å². The van der Waals surface area contributed by atoms with Crippen LogP contribution in [0.3, 0.4) is 0 Å². The first kappa shape index (κ1) is 16.4. The summed E-state index contributed by atoms with van der Waals surface area (Å²) in [4.78, 5) is 23.6. The van der Waals surface area contributed by atoms with Crippen LogP contribution in [0.25, 0.3) is 5.78 Å². The maximum absolute atomic E-state index is 12.4. The molecule has 1 aliphatic carbocycles. The minimum absolute atomic E-state index is 0.141. The SMILES string of the molecule is Cc1nc2ncnn2c(C)c1CCC(=O)NC1CCN(C2CC2)CC1. The zero-order valence-electron chi connectivity index (χ0n) is 15.0. The lowest BCUT2D eigenvalue weighted by molar-refractivity contribution is -0.122. The minimum atomic E-state index is 0.141. The fourth-order valence-electron chi connectivity index (χ4n) is 3.90. The Morgan fingerprint density at radius 2 is 2.00 bits per heavy atom. The summed E-state index contributed by atoms with van der Waals surface area (Å²) < 4.78 is 1.74. The van der Waals surface area contributed by atoms with Gasteiger partial charge in [-0.15, -0.1) is 0 Å². The molecule has 2 fully saturated rings. The average molecular weight is 342 g/mol. The van der Waals surface area contributed by atoms with Crippen molar-refractivity contribution in [1.29, 1.82) is 0 Å². The highest BCUT2D eigenvalue weighted by Gasteiger charge is 2.32. The van der Waals surface area contributed by atoms with Gasteiger partial charge in [-0.1, -0.05) is 0 Å². The zero-order chi connectivity index (χ0) is 17.4. The van der Waals surface area contributed by atoms with Crippen molar-refractivity contribution < 1.29 is 4.79 Å². The number of likely N-dealkylation sites (tertiary alicyclic amines) is 1. The number of hydrogen-bond donors (Lipinski definition) is 1. The van der Waals surface area contributed by atoms with Crippen LogP contribution < -0.4 is 5.32 Å². The Kier molecular flexibility index (Phi) is 4.41. The smallest absolute Gasteiger partial charge is 0.252 e. The van der Waals surface area contributed by atoms with Gasteiger partial charge >= 0.3 is 0 Å². The minimum Gasteiger partial charge on any atom is -0.353 e. The van der Waals surface area contributed by atoms with E-state index in [9.17, 15) is 4.79 Å². The topological polar surface area (TPSA) is 75.4 Å². The third kappa shape index (κ3) is 3.51. The number of aryl methyl sites for hydroxylation is 2. The highest BCUT2D eigenvalue weighted by molar-refractivity contribution is 5.76. The number of carbonyl (C=O) groups is 1. The molecular formula is C18H26N6O. The second kappa shape index (κ2) is 6.71. The quantitative estimate of drug-likeness (QED) is 0.889. The Balaban J connectivity index is 1.31. The predicted octanol–water partition coefficient (Wildman–Crippen LogP) is 1.42. The van der Waals surface area contributed by atoms with Crippen LogP contribution in [0.15, 0.2) is 6.33 Å². The number of fused-ring (bicyclic) bond motifs is 1. The Hall–Kier alpha value is -2.02. The van der Waals surface area contributed by atoms with Crippen LogP contribution in [0, 0.1) is 13.8 Å². The van der Waals surface area contributed by atoms with Gasteiger partial charge in [0.2, 0.25) is 5.91 Å². The molecule has 25 heavy (non-hydrogen) atoms. The maximum atomic E-state index is 12.4. The van der Waals surface area contributed by atoms with Gasteiger partial charge in [-0.25, -0.2) is 9.50 Å². The van der Waals surface area contributed by atoms with E-state index in [-0.39, 0.29) is 5.91 Å². The second-order valence-electron chi connectivity index (χ2n) is 7.34. The van der Waals surface area contributed by atoms with Gasteiger partial charge in [-0.05, 0) is 51.5 Å². The monoisotopic (exact) mass is 342 g/mol. The first-order valence-electron chi connectivity index (χ1n) is 9.31. The molecule has 1 amide bonds. The number of aromatic nitrogens is 4. The lowest BCUT2D eigenvalue weighted by Crippen LogP contribution is -2.45. The number of hydrogen-bond acceptors (Lipinski definition) is 5. The summed E-state index contributed by atoms with van der Waals surface area (Å²) >= 11 is 0. The molecule has 134 valence electrons. The largest absolute Gasteiger partial charge is 0.353 e. The maximum Gasteiger partial charge on any atom is 0.252 e. The molecule has 1 saturated heterocycles. The molecular weight excluding hydrogens is 316 g/mol. The highest BCUT2D eigenvalue weighted by Crippen LogP contribution is 2.29. The molecule has 0 aromatic carbocycles. The van der Waals surface area contributed by atoms with Crippen molar-refractivity contribution in [1.82, 2.24) is 29.8 Å². The summed E-state index contributed by atoms with van der Waals surface area (Å²) in [6.07, 6.45) is 7.57. The molecule has 7 nitrogen and oxygen atoms in total. The van der Waals surface area contributed by atoms with Crippen LogP contribution in [0.5, 0.6) is 0 Å². The van der Waals surface area contributed by atoms with Crippen LogP contribution in [-0.4, -0.2) is 55.6 Å². The van der Waals surface area contributed by atoms with E-state index in [0.717, 1.165) is 48.9 Å². The summed E-state index contributed by atoms with van der Waals surface area (Å²) in [5, 5.41) is 7.42. The molecule has 2 aromatic heterocycles. The Morgan fingerprint density at radius 1 is 1.24 bits per heavy atom. The number of amides is 1. The molecule has 1 aliphatic heterocycles. The van der Waals surface area contributed by atoms with Crippen LogP contribution in [-0.2, 0) is 11.2 Å². The molecule has 3 heterocycles. The standard InChI is InChI=1S/C18H26N6O/c1-12-16(13(2)24-18(21-12)19-11-20-24)5-6-17(25)22-14-7-9-23(10-8-14)15-3-4-15/h11,14-15H,3-10H2,1-2H3,(H,22,25). The third-order valence-corrected chi connectivity index (χ3v) is 5.55. The van der Waals surface area contributed by atoms with E-state index < -0.39 is 0 Å². The highest BCUT2D eigenvalue weighted by atomic mass is 16.1. The summed E-state index contributed by atoms with van der Waals surface area (Å²) in [7, 11) is 0. The van der Waals surface area contributed by atoms with Crippen molar-refractivity contribution in [3.8, 4) is 0 Å². The average Bonchev–Trinajstić information content (AvgIpc) is 3.34. The Morgan fingerprint density at radius 3 is 2.72 bits per heavy atom. The fourth-order valence-corrected chi connectivity index (χ4v) is 3.90. The van der Waals surface area contributed by atoms with Crippen molar-refractivity contribution in [2.75, 3.05) is 13.1 Å². The van der Waals surface area contributed by atoms with Crippen molar-refractivity contribution in [2.24, 2.45) is 0 Å². The molecule has 1 N–H and O–H groups in total. The lowest BCUT2D eigenvalue weighted by Gasteiger charge is -2.32. The van der Waals surface area contributed by atoms with Crippen molar-refractivity contribution in [3.05, 3.63) is 23.3 Å². The van der Waals surface area contributed by atoms with E-state index in [1.54, 1.807) is 4.52 Å². The molecule has 0 unspecified atom stereocenters. The van der Waals surface area contributed by atoms with Gasteiger partial charge in [0.25, 0.3) is 5.78 Å². The summed E-state index contributed by atoms with van der Waals surface area (Å²) in [6.45, 7) is 6.24. The second-order valence-corrected chi connectivity index (χ2v) is 7.34. The van der Waals surface area contributed by atoms with E-state index >= 15 is 0 Å². The van der Waals surface area contributed by atoms with Gasteiger partial charge < -0.3 is 10.2 Å². The molecule has 0 spiro atoms. The molecule has 0 atom stereocenters. The zero-order valence-corrected chi connectivity index (χ0v) is 15.0. The molecule has 2 aliphatic rings. The first-order chi connectivity index (χ1) is 12.1. The molecule has 2 aromatic rings. The lowest BCUT2D eigenvalue weighted by atomic mass is 10.0. The predicted molar refractivity (Wildman–Crippen MR) is 94.3 cm³/mol. The van der Waals surface area contributed by atoms with Crippen LogP contribution in [0.1, 0.15) is 49.1 Å². The number of nitrogens with one attached hydrogen (secondary N) is 1. The van der Waals surface area contributed by atoms with Gasteiger partial charge in [-0.3, -0.25) is 4.79 Å². The van der Waals surface area contributed by atoms with Gasteiger partial charge in [-0.2, -0.15) is 10.1 Å². The summed E-state index contributed by atoms with van der Waals surface area (Å²) in [5.74, 6) is 0.757.